The first kappa shape index (κ1) is 18.0. The Labute approximate surface area is 162 Å². The lowest BCUT2D eigenvalue weighted by Gasteiger charge is -2.41. The lowest BCUT2D eigenvalue weighted by Crippen LogP contribution is -2.42. The van der Waals surface area contributed by atoms with Crippen LogP contribution < -0.4 is 11.1 Å². The Morgan fingerprint density at radius 2 is 2.00 bits per heavy atom. The van der Waals surface area contributed by atoms with Crippen LogP contribution in [0.4, 0.5) is 10.2 Å². The average Bonchev–Trinajstić information content (AvgIpc) is 2.69. The fourth-order valence-electron chi connectivity index (χ4n) is 3.55. The normalized spacial score (nSPS) is 14.9. The summed E-state index contributed by atoms with van der Waals surface area (Å²) >= 11 is 0. The number of primary amides is 1. The van der Waals surface area contributed by atoms with Crippen molar-refractivity contribution < 1.29 is 9.18 Å². The van der Waals surface area contributed by atoms with Crippen molar-refractivity contribution in [3.05, 3.63) is 71.8 Å². The summed E-state index contributed by atoms with van der Waals surface area (Å²) in [6, 6.07) is 13.6. The van der Waals surface area contributed by atoms with Crippen molar-refractivity contribution in [3.63, 3.8) is 0 Å². The van der Waals surface area contributed by atoms with Gasteiger partial charge in [0.05, 0.1) is 11.4 Å². The molecule has 0 bridgehead atoms. The Morgan fingerprint density at radius 3 is 2.64 bits per heavy atom. The predicted molar refractivity (Wildman–Crippen MR) is 104 cm³/mol. The Bertz CT molecular complexity index is 1000. The molecular weight excluding hydrogens is 357 g/mol. The summed E-state index contributed by atoms with van der Waals surface area (Å²) in [4.78, 5) is 15.6. The van der Waals surface area contributed by atoms with Crippen molar-refractivity contribution in [3.8, 4) is 11.3 Å². The van der Waals surface area contributed by atoms with Crippen LogP contribution in [0.5, 0.6) is 0 Å². The summed E-state index contributed by atoms with van der Waals surface area (Å²) in [5.41, 5.74) is 7.37. The average molecular weight is 377 g/mol. The van der Waals surface area contributed by atoms with Gasteiger partial charge in [-0.3, -0.25) is 9.78 Å². The first-order valence-corrected chi connectivity index (χ1v) is 9.16. The van der Waals surface area contributed by atoms with E-state index in [0.717, 1.165) is 24.8 Å². The van der Waals surface area contributed by atoms with Crippen LogP contribution in [-0.4, -0.2) is 27.6 Å². The number of carbonyl (C=O) groups is 1. The number of hydrogen-bond acceptors (Lipinski definition) is 5. The monoisotopic (exact) mass is 377 g/mol. The molecule has 1 amide bonds. The highest BCUT2D eigenvalue weighted by Crippen LogP contribution is 2.43. The van der Waals surface area contributed by atoms with E-state index in [0.29, 0.717) is 29.3 Å². The second-order valence-electron chi connectivity index (χ2n) is 7.07. The van der Waals surface area contributed by atoms with Crippen LogP contribution >= 0.6 is 0 Å². The number of halogens is 1. The van der Waals surface area contributed by atoms with Gasteiger partial charge >= 0.3 is 0 Å². The number of nitrogens with zero attached hydrogens (tertiary/aromatic N) is 3. The zero-order chi connectivity index (χ0) is 19.6. The van der Waals surface area contributed by atoms with Crippen LogP contribution in [0.3, 0.4) is 0 Å². The van der Waals surface area contributed by atoms with E-state index in [1.165, 1.54) is 6.07 Å². The van der Waals surface area contributed by atoms with Gasteiger partial charge in [0, 0.05) is 29.3 Å². The third-order valence-corrected chi connectivity index (χ3v) is 5.29. The zero-order valence-electron chi connectivity index (χ0n) is 15.2. The smallest absolute Gasteiger partial charge is 0.248 e. The van der Waals surface area contributed by atoms with Crippen molar-refractivity contribution in [1.29, 1.82) is 0 Å². The van der Waals surface area contributed by atoms with Gasteiger partial charge in [-0.2, -0.15) is 0 Å². The van der Waals surface area contributed by atoms with Gasteiger partial charge in [0.1, 0.15) is 11.6 Å². The molecule has 3 aromatic rings. The second-order valence-corrected chi connectivity index (χ2v) is 7.07. The molecule has 1 fully saturated rings. The molecule has 1 aromatic carbocycles. The number of pyridine rings is 1. The largest absolute Gasteiger partial charge is 0.368 e. The number of hydrogen-bond donors (Lipinski definition) is 2. The quantitative estimate of drug-likeness (QED) is 0.687. The minimum absolute atomic E-state index is 0.264. The van der Waals surface area contributed by atoms with Gasteiger partial charge in [-0.1, -0.05) is 18.6 Å². The maximum absolute atomic E-state index is 14.2. The zero-order valence-corrected chi connectivity index (χ0v) is 15.2. The summed E-state index contributed by atoms with van der Waals surface area (Å²) in [6.07, 6.45) is 4.46. The number of rotatable bonds is 6. The van der Waals surface area contributed by atoms with E-state index < -0.39 is 5.91 Å². The molecule has 0 radical (unpaired) electrons. The molecule has 2 aromatic heterocycles. The second kappa shape index (κ2) is 7.34. The number of nitrogens with one attached hydrogen (secondary N) is 1. The number of aromatic nitrogens is 3. The number of nitrogens with two attached hydrogens (primary N) is 1. The van der Waals surface area contributed by atoms with Gasteiger partial charge in [0.15, 0.2) is 0 Å². The van der Waals surface area contributed by atoms with Gasteiger partial charge in [-0.05, 0) is 49.2 Å². The van der Waals surface area contributed by atoms with Crippen LogP contribution in [0.25, 0.3) is 11.3 Å². The van der Waals surface area contributed by atoms with E-state index in [1.807, 2.05) is 18.2 Å². The SMILES string of the molecule is NC(=O)c1cccc(-c2ccc(NCC3(c4ncccc4F)CCC3)nn2)c1. The van der Waals surface area contributed by atoms with Crippen molar-refractivity contribution >= 4 is 11.7 Å². The van der Waals surface area contributed by atoms with Crippen molar-refractivity contribution in [1.82, 2.24) is 15.2 Å². The van der Waals surface area contributed by atoms with E-state index >= 15 is 0 Å². The third kappa shape index (κ3) is 3.43. The highest BCUT2D eigenvalue weighted by atomic mass is 19.1. The van der Waals surface area contributed by atoms with Gasteiger partial charge in [0.25, 0.3) is 0 Å². The Morgan fingerprint density at radius 1 is 1.14 bits per heavy atom. The van der Waals surface area contributed by atoms with Crippen LogP contribution in [0.15, 0.2) is 54.7 Å². The fourth-order valence-corrected chi connectivity index (χ4v) is 3.55. The summed E-state index contributed by atoms with van der Waals surface area (Å²) in [7, 11) is 0. The Kier molecular flexibility index (Phi) is 4.73. The molecule has 1 saturated carbocycles. The maximum Gasteiger partial charge on any atom is 0.248 e. The molecule has 1 aliphatic rings. The molecule has 0 spiro atoms. The summed E-state index contributed by atoms with van der Waals surface area (Å²) in [6.45, 7) is 0.548. The van der Waals surface area contributed by atoms with Crippen molar-refractivity contribution in [2.24, 2.45) is 5.73 Å². The standard InChI is InChI=1S/C21H20FN5O/c22-16-6-2-11-24-19(16)21(9-3-10-21)13-25-18-8-7-17(26-27-18)14-4-1-5-15(12-14)20(23)28/h1-2,4-8,11-12H,3,9-10,13H2,(H2,23,28)(H,25,27). The molecule has 1 aliphatic carbocycles. The first-order chi connectivity index (χ1) is 13.6. The van der Waals surface area contributed by atoms with Gasteiger partial charge < -0.3 is 11.1 Å². The lowest BCUT2D eigenvalue weighted by atomic mass is 9.66. The summed E-state index contributed by atoms with van der Waals surface area (Å²) in [5, 5.41) is 11.7. The molecule has 4 rings (SSSR count). The number of amides is 1. The van der Waals surface area contributed by atoms with E-state index in [1.54, 1.807) is 30.5 Å². The van der Waals surface area contributed by atoms with Crippen molar-refractivity contribution in [2.75, 3.05) is 11.9 Å². The molecule has 6 nitrogen and oxygen atoms in total. The van der Waals surface area contributed by atoms with Gasteiger partial charge in [-0.15, -0.1) is 10.2 Å². The van der Waals surface area contributed by atoms with E-state index in [2.05, 4.69) is 20.5 Å². The van der Waals surface area contributed by atoms with Crippen LogP contribution in [0.1, 0.15) is 35.3 Å². The molecule has 2 heterocycles. The summed E-state index contributed by atoms with van der Waals surface area (Å²) < 4.78 is 14.2. The minimum Gasteiger partial charge on any atom is -0.368 e. The van der Waals surface area contributed by atoms with Crippen molar-refractivity contribution in [2.45, 2.75) is 24.7 Å². The molecule has 7 heteroatoms. The van der Waals surface area contributed by atoms with E-state index in [-0.39, 0.29) is 11.2 Å². The molecular formula is C21H20FN5O. The van der Waals surface area contributed by atoms with Gasteiger partial charge in [0.2, 0.25) is 5.91 Å². The summed E-state index contributed by atoms with van der Waals surface area (Å²) in [5.74, 6) is -0.141. The lowest BCUT2D eigenvalue weighted by molar-refractivity contribution is 0.100. The Balaban J connectivity index is 1.49. The third-order valence-electron chi connectivity index (χ3n) is 5.29. The highest BCUT2D eigenvalue weighted by Gasteiger charge is 2.41. The number of anilines is 1. The molecule has 142 valence electrons. The topological polar surface area (TPSA) is 93.8 Å². The minimum atomic E-state index is -0.486. The fraction of sp³-hybridized carbons (Fsp3) is 0.238. The molecule has 28 heavy (non-hydrogen) atoms. The van der Waals surface area contributed by atoms with E-state index in [4.69, 9.17) is 5.73 Å². The number of carbonyl (C=O) groups excluding carboxylic acids is 1. The Hall–Kier alpha value is -3.35. The predicted octanol–water partition coefficient (Wildman–Crippen LogP) is 3.31. The van der Waals surface area contributed by atoms with Crippen LogP contribution in [0.2, 0.25) is 0 Å². The number of benzene rings is 1. The molecule has 0 saturated heterocycles. The maximum atomic E-state index is 14.2. The van der Waals surface area contributed by atoms with Crippen LogP contribution in [-0.2, 0) is 5.41 Å². The van der Waals surface area contributed by atoms with Gasteiger partial charge in [-0.25, -0.2) is 4.39 Å². The molecule has 0 unspecified atom stereocenters. The van der Waals surface area contributed by atoms with Crippen LogP contribution in [0, 0.1) is 5.82 Å². The molecule has 3 N–H and O–H groups in total. The highest BCUT2D eigenvalue weighted by molar-refractivity contribution is 5.93. The molecule has 0 aliphatic heterocycles. The van der Waals surface area contributed by atoms with E-state index in [9.17, 15) is 9.18 Å². The molecule has 0 atom stereocenters. The first-order valence-electron chi connectivity index (χ1n) is 9.16.